The van der Waals surface area contributed by atoms with Crippen LogP contribution in [0.15, 0.2) is 24.3 Å². The maximum absolute atomic E-state index is 12.5. The molecule has 1 aliphatic carbocycles. The largest absolute Gasteiger partial charge is 0.416 e. The molecule has 1 fully saturated rings. The summed E-state index contributed by atoms with van der Waals surface area (Å²) in [6, 6.07) is 5.67. The Bertz CT molecular complexity index is 441. The Balaban J connectivity index is 1.90. The molecule has 1 aromatic carbocycles. The summed E-state index contributed by atoms with van der Waals surface area (Å²) in [5.41, 5.74) is -0.0763. The van der Waals surface area contributed by atoms with Crippen LogP contribution in [0.2, 0.25) is 0 Å². The Kier molecular flexibility index (Phi) is 3.75. The molecule has 2 nitrogen and oxygen atoms in total. The summed E-state index contributed by atoms with van der Waals surface area (Å²) in [7, 11) is 0. The van der Waals surface area contributed by atoms with Crippen molar-refractivity contribution in [2.24, 2.45) is 0 Å². The average molecular weight is 274 g/mol. The lowest BCUT2D eigenvalue weighted by atomic mass is 10.1. The molecule has 0 spiro atoms. The van der Waals surface area contributed by atoms with Gasteiger partial charge in [-0.25, -0.2) is 0 Å². The van der Waals surface area contributed by atoms with Crippen LogP contribution < -0.4 is 10.6 Å². The SMILES string of the molecule is FC(F)(F)c1cccc(CNC(=S)NC2CC2)c1. The highest BCUT2D eigenvalue weighted by Crippen LogP contribution is 2.29. The van der Waals surface area contributed by atoms with Crippen molar-refractivity contribution in [2.45, 2.75) is 31.6 Å². The minimum absolute atomic E-state index is 0.294. The van der Waals surface area contributed by atoms with Gasteiger partial charge in [0.25, 0.3) is 0 Å². The summed E-state index contributed by atoms with van der Waals surface area (Å²) in [4.78, 5) is 0. The molecular formula is C12H13F3N2S. The molecule has 1 saturated carbocycles. The van der Waals surface area contributed by atoms with Crippen LogP contribution in [0.4, 0.5) is 13.2 Å². The van der Waals surface area contributed by atoms with E-state index < -0.39 is 11.7 Å². The summed E-state index contributed by atoms with van der Waals surface area (Å²) in [6.07, 6.45) is -2.10. The van der Waals surface area contributed by atoms with E-state index in [0.717, 1.165) is 25.0 Å². The zero-order valence-electron chi connectivity index (χ0n) is 9.55. The van der Waals surface area contributed by atoms with Crippen LogP contribution in [0.1, 0.15) is 24.0 Å². The Morgan fingerprint density at radius 2 is 2.06 bits per heavy atom. The summed E-state index contributed by atoms with van der Waals surface area (Å²) < 4.78 is 37.5. The number of halogens is 3. The molecule has 98 valence electrons. The number of rotatable bonds is 3. The zero-order valence-corrected chi connectivity index (χ0v) is 10.4. The maximum Gasteiger partial charge on any atom is 0.416 e. The molecule has 0 saturated heterocycles. The Hall–Kier alpha value is -1.30. The highest BCUT2D eigenvalue weighted by Gasteiger charge is 2.30. The Labute approximate surface area is 109 Å². The Morgan fingerprint density at radius 1 is 1.33 bits per heavy atom. The van der Waals surface area contributed by atoms with Crippen LogP contribution in [0.5, 0.6) is 0 Å². The molecule has 0 aromatic heterocycles. The zero-order chi connectivity index (χ0) is 13.2. The molecule has 0 amide bonds. The van der Waals surface area contributed by atoms with E-state index in [1.54, 1.807) is 6.07 Å². The predicted octanol–water partition coefficient (Wildman–Crippen LogP) is 2.83. The highest BCUT2D eigenvalue weighted by molar-refractivity contribution is 7.80. The smallest absolute Gasteiger partial charge is 0.360 e. The van der Waals surface area contributed by atoms with Gasteiger partial charge in [-0.1, -0.05) is 12.1 Å². The van der Waals surface area contributed by atoms with Gasteiger partial charge in [0.2, 0.25) is 0 Å². The fourth-order valence-corrected chi connectivity index (χ4v) is 1.74. The molecule has 18 heavy (non-hydrogen) atoms. The predicted molar refractivity (Wildman–Crippen MR) is 67.0 cm³/mol. The third-order valence-corrected chi connectivity index (χ3v) is 2.88. The minimum atomic E-state index is -4.30. The number of thiocarbonyl (C=S) groups is 1. The van der Waals surface area contributed by atoms with E-state index in [0.29, 0.717) is 23.3 Å². The number of benzene rings is 1. The van der Waals surface area contributed by atoms with Gasteiger partial charge >= 0.3 is 6.18 Å². The van der Waals surface area contributed by atoms with Crippen molar-refractivity contribution in [2.75, 3.05) is 0 Å². The first-order chi connectivity index (χ1) is 8.45. The molecule has 6 heteroatoms. The van der Waals surface area contributed by atoms with Gasteiger partial charge in [0.05, 0.1) is 5.56 Å². The Morgan fingerprint density at radius 3 is 2.67 bits per heavy atom. The molecule has 1 aliphatic rings. The van der Waals surface area contributed by atoms with Crippen LogP contribution in [-0.4, -0.2) is 11.2 Å². The molecule has 1 aromatic rings. The molecule has 0 unspecified atom stereocenters. The molecule has 0 aliphatic heterocycles. The lowest BCUT2D eigenvalue weighted by molar-refractivity contribution is -0.137. The first-order valence-electron chi connectivity index (χ1n) is 5.65. The second-order valence-electron chi connectivity index (χ2n) is 4.30. The van der Waals surface area contributed by atoms with E-state index in [1.165, 1.54) is 6.07 Å². The standard InChI is InChI=1S/C12H13F3N2S/c13-12(14,15)9-3-1-2-8(6-9)7-16-11(18)17-10-4-5-10/h1-3,6,10H,4-5,7H2,(H2,16,17,18). The van der Waals surface area contributed by atoms with Gasteiger partial charge < -0.3 is 10.6 Å². The van der Waals surface area contributed by atoms with Gasteiger partial charge in [-0.05, 0) is 42.8 Å². The second kappa shape index (κ2) is 5.14. The van der Waals surface area contributed by atoms with E-state index in [4.69, 9.17) is 12.2 Å². The summed E-state index contributed by atoms with van der Waals surface area (Å²) in [6.45, 7) is 0.294. The fraction of sp³-hybridized carbons (Fsp3) is 0.417. The molecule has 2 rings (SSSR count). The van der Waals surface area contributed by atoms with Crippen molar-refractivity contribution in [3.8, 4) is 0 Å². The van der Waals surface area contributed by atoms with Crippen LogP contribution >= 0.6 is 12.2 Å². The van der Waals surface area contributed by atoms with Crippen molar-refractivity contribution >= 4 is 17.3 Å². The number of nitrogens with one attached hydrogen (secondary N) is 2. The van der Waals surface area contributed by atoms with Crippen LogP contribution in [0.3, 0.4) is 0 Å². The van der Waals surface area contributed by atoms with Crippen molar-refractivity contribution < 1.29 is 13.2 Å². The molecule has 0 heterocycles. The molecule has 0 radical (unpaired) electrons. The molecular weight excluding hydrogens is 261 g/mol. The number of alkyl halides is 3. The average Bonchev–Trinajstić information content (AvgIpc) is 3.10. The first kappa shape index (κ1) is 13.1. The van der Waals surface area contributed by atoms with Crippen LogP contribution in [-0.2, 0) is 12.7 Å². The normalized spacial score (nSPS) is 15.3. The van der Waals surface area contributed by atoms with E-state index in [1.807, 2.05) is 0 Å². The van der Waals surface area contributed by atoms with E-state index in [9.17, 15) is 13.2 Å². The minimum Gasteiger partial charge on any atom is -0.360 e. The number of hydrogen-bond acceptors (Lipinski definition) is 1. The van der Waals surface area contributed by atoms with Crippen LogP contribution in [0.25, 0.3) is 0 Å². The van der Waals surface area contributed by atoms with Gasteiger partial charge in [0.15, 0.2) is 5.11 Å². The van der Waals surface area contributed by atoms with Gasteiger partial charge in [0, 0.05) is 12.6 Å². The monoisotopic (exact) mass is 274 g/mol. The van der Waals surface area contributed by atoms with Crippen LogP contribution in [0, 0.1) is 0 Å². The summed E-state index contributed by atoms with van der Waals surface area (Å²) in [5, 5.41) is 6.46. The third kappa shape index (κ3) is 3.87. The molecule has 0 bridgehead atoms. The highest BCUT2D eigenvalue weighted by atomic mass is 32.1. The first-order valence-corrected chi connectivity index (χ1v) is 6.06. The van der Waals surface area contributed by atoms with E-state index in [-0.39, 0.29) is 0 Å². The molecule has 0 atom stereocenters. The van der Waals surface area contributed by atoms with Crippen molar-refractivity contribution in [1.29, 1.82) is 0 Å². The second-order valence-corrected chi connectivity index (χ2v) is 4.71. The lowest BCUT2D eigenvalue weighted by Crippen LogP contribution is -2.36. The number of hydrogen-bond donors (Lipinski definition) is 2. The van der Waals surface area contributed by atoms with Gasteiger partial charge in [-0.2, -0.15) is 13.2 Å². The third-order valence-electron chi connectivity index (χ3n) is 2.62. The maximum atomic E-state index is 12.5. The topological polar surface area (TPSA) is 24.1 Å². The van der Waals surface area contributed by atoms with E-state index in [2.05, 4.69) is 10.6 Å². The van der Waals surface area contributed by atoms with Gasteiger partial charge in [-0.3, -0.25) is 0 Å². The van der Waals surface area contributed by atoms with Crippen molar-refractivity contribution in [3.05, 3.63) is 35.4 Å². The quantitative estimate of drug-likeness (QED) is 0.829. The lowest BCUT2D eigenvalue weighted by Gasteiger charge is -2.11. The molecule has 2 N–H and O–H groups in total. The van der Waals surface area contributed by atoms with Gasteiger partial charge in [-0.15, -0.1) is 0 Å². The van der Waals surface area contributed by atoms with Crippen molar-refractivity contribution in [3.63, 3.8) is 0 Å². The summed E-state index contributed by atoms with van der Waals surface area (Å²) in [5.74, 6) is 0. The van der Waals surface area contributed by atoms with E-state index >= 15 is 0 Å². The summed E-state index contributed by atoms with van der Waals surface area (Å²) >= 11 is 5.03. The van der Waals surface area contributed by atoms with Crippen molar-refractivity contribution in [1.82, 2.24) is 10.6 Å². The fourth-order valence-electron chi connectivity index (χ4n) is 1.50. The van der Waals surface area contributed by atoms with Gasteiger partial charge in [0.1, 0.15) is 0 Å².